The quantitative estimate of drug-likeness (QED) is 0.0262. The number of unbranched alkanes of at least 4 members (excludes halogenated alkanes) is 29. The van der Waals surface area contributed by atoms with E-state index in [2.05, 4.69) is 93.7 Å². The highest BCUT2D eigenvalue weighted by atomic mass is 16.6. The van der Waals surface area contributed by atoms with Crippen molar-refractivity contribution >= 4 is 17.9 Å². The number of esters is 3. The van der Waals surface area contributed by atoms with Crippen molar-refractivity contribution in [3.8, 4) is 0 Å². The molecule has 0 aromatic rings. The van der Waals surface area contributed by atoms with Gasteiger partial charge in [0.15, 0.2) is 6.10 Å². The predicted octanol–water partition coefficient (Wildman–Crippen LogP) is 19.4. The van der Waals surface area contributed by atoms with Crippen LogP contribution in [-0.4, -0.2) is 37.2 Å². The molecule has 0 aromatic carbocycles. The lowest BCUT2D eigenvalue weighted by molar-refractivity contribution is -0.167. The summed E-state index contributed by atoms with van der Waals surface area (Å²) in [6, 6.07) is 0. The molecular formula is C62H108O6. The van der Waals surface area contributed by atoms with E-state index in [0.717, 1.165) is 96.3 Å². The van der Waals surface area contributed by atoms with Crippen molar-refractivity contribution in [2.24, 2.45) is 0 Å². The zero-order valence-corrected chi connectivity index (χ0v) is 44.9. The molecule has 0 saturated carbocycles. The van der Waals surface area contributed by atoms with Crippen LogP contribution in [-0.2, 0) is 28.6 Å². The molecule has 392 valence electrons. The first-order chi connectivity index (χ1) is 33.5. The molecule has 0 heterocycles. The molecule has 0 saturated heterocycles. The SMILES string of the molecule is CC/C=C\C/C=C\C/C=C\C/C=C\C/C=C\CCCCCCCCCCCCCC(=O)OCC(COC(=O)CCCCCCCCC)OC(=O)CCCCCCC/C=C\CCCCCCCCC. The van der Waals surface area contributed by atoms with Crippen molar-refractivity contribution in [2.45, 2.75) is 290 Å². The average molecular weight is 950 g/mol. The summed E-state index contributed by atoms with van der Waals surface area (Å²) in [5, 5.41) is 0. The first-order valence-corrected chi connectivity index (χ1v) is 28.9. The summed E-state index contributed by atoms with van der Waals surface area (Å²) in [5.41, 5.74) is 0. The van der Waals surface area contributed by atoms with E-state index >= 15 is 0 Å². The van der Waals surface area contributed by atoms with Crippen molar-refractivity contribution in [3.63, 3.8) is 0 Å². The van der Waals surface area contributed by atoms with E-state index in [1.54, 1.807) is 0 Å². The van der Waals surface area contributed by atoms with Crippen LogP contribution in [0.15, 0.2) is 72.9 Å². The molecule has 0 spiro atoms. The van der Waals surface area contributed by atoms with Crippen molar-refractivity contribution in [3.05, 3.63) is 72.9 Å². The Morgan fingerprint density at radius 2 is 0.574 bits per heavy atom. The Balaban J connectivity index is 4.15. The third kappa shape index (κ3) is 53.8. The Bertz CT molecular complexity index is 1270. The van der Waals surface area contributed by atoms with Crippen LogP contribution in [0.1, 0.15) is 284 Å². The summed E-state index contributed by atoms with van der Waals surface area (Å²) in [4.78, 5) is 37.9. The van der Waals surface area contributed by atoms with Gasteiger partial charge in [0.2, 0.25) is 0 Å². The lowest BCUT2D eigenvalue weighted by Crippen LogP contribution is -2.30. The summed E-state index contributed by atoms with van der Waals surface area (Å²) in [7, 11) is 0. The van der Waals surface area contributed by atoms with Gasteiger partial charge in [0.25, 0.3) is 0 Å². The maximum absolute atomic E-state index is 12.8. The highest BCUT2D eigenvalue weighted by Gasteiger charge is 2.19. The van der Waals surface area contributed by atoms with E-state index in [4.69, 9.17) is 14.2 Å². The minimum Gasteiger partial charge on any atom is -0.462 e. The van der Waals surface area contributed by atoms with Crippen LogP contribution in [0.4, 0.5) is 0 Å². The topological polar surface area (TPSA) is 78.9 Å². The summed E-state index contributed by atoms with van der Waals surface area (Å²) in [5.74, 6) is -0.888. The Morgan fingerprint density at radius 1 is 0.309 bits per heavy atom. The van der Waals surface area contributed by atoms with Gasteiger partial charge in [-0.15, -0.1) is 0 Å². The molecule has 6 heteroatoms. The Morgan fingerprint density at radius 3 is 0.912 bits per heavy atom. The third-order valence-electron chi connectivity index (χ3n) is 12.4. The summed E-state index contributed by atoms with van der Waals surface area (Å²) >= 11 is 0. The molecule has 0 N–H and O–H groups in total. The number of rotatable bonds is 52. The third-order valence-corrected chi connectivity index (χ3v) is 12.4. The van der Waals surface area contributed by atoms with E-state index in [9.17, 15) is 14.4 Å². The monoisotopic (exact) mass is 949 g/mol. The molecule has 1 unspecified atom stereocenters. The predicted molar refractivity (Wildman–Crippen MR) is 293 cm³/mol. The molecule has 0 fully saturated rings. The molecule has 6 nitrogen and oxygen atoms in total. The van der Waals surface area contributed by atoms with Crippen LogP contribution in [0, 0.1) is 0 Å². The van der Waals surface area contributed by atoms with Gasteiger partial charge >= 0.3 is 17.9 Å². The number of carbonyl (C=O) groups excluding carboxylic acids is 3. The van der Waals surface area contributed by atoms with Crippen LogP contribution in [0.2, 0.25) is 0 Å². The van der Waals surface area contributed by atoms with Crippen LogP contribution in [0.25, 0.3) is 0 Å². The molecule has 0 aromatic heterocycles. The zero-order chi connectivity index (χ0) is 49.3. The van der Waals surface area contributed by atoms with Crippen LogP contribution < -0.4 is 0 Å². The van der Waals surface area contributed by atoms with Crippen LogP contribution >= 0.6 is 0 Å². The first kappa shape index (κ1) is 64.8. The highest BCUT2D eigenvalue weighted by Crippen LogP contribution is 2.15. The van der Waals surface area contributed by atoms with Gasteiger partial charge in [-0.05, 0) is 89.9 Å². The van der Waals surface area contributed by atoms with E-state index in [1.165, 1.54) is 148 Å². The fourth-order valence-electron chi connectivity index (χ4n) is 8.11. The minimum atomic E-state index is -0.777. The largest absolute Gasteiger partial charge is 0.462 e. The fraction of sp³-hybridized carbons (Fsp3) is 0.758. The average Bonchev–Trinajstić information content (AvgIpc) is 3.34. The van der Waals surface area contributed by atoms with E-state index in [1.807, 2.05) is 0 Å². The lowest BCUT2D eigenvalue weighted by Gasteiger charge is -2.18. The van der Waals surface area contributed by atoms with E-state index in [-0.39, 0.29) is 31.1 Å². The molecule has 0 aliphatic carbocycles. The van der Waals surface area contributed by atoms with Crippen molar-refractivity contribution in [1.29, 1.82) is 0 Å². The lowest BCUT2D eigenvalue weighted by atomic mass is 10.0. The standard InChI is InChI=1S/C62H108O6/c1-4-7-10-13-16-18-20-22-24-26-27-28-29-30-31-32-33-34-35-36-38-39-41-43-46-49-52-55-61(64)67-58-59(57-66-60(63)54-51-48-45-15-12-9-6-3)68-62(65)56-53-50-47-44-42-40-37-25-23-21-19-17-14-11-8-5-2/h7,10,16,18,22,24-25,27-28,30-31,37,59H,4-6,8-9,11-15,17,19-21,23,26,29,32-36,38-58H2,1-3H3/b10-7-,18-16-,24-22-,28-27-,31-30-,37-25-. The minimum absolute atomic E-state index is 0.0774. The first-order valence-electron chi connectivity index (χ1n) is 28.9. The normalized spacial score (nSPS) is 12.6. The molecule has 68 heavy (non-hydrogen) atoms. The second-order valence-electron chi connectivity index (χ2n) is 19.2. The summed E-state index contributed by atoms with van der Waals surface area (Å²) in [6.07, 6.45) is 72.0. The van der Waals surface area contributed by atoms with Gasteiger partial charge in [0, 0.05) is 19.3 Å². The van der Waals surface area contributed by atoms with E-state index < -0.39 is 6.10 Å². The van der Waals surface area contributed by atoms with Gasteiger partial charge in [-0.1, -0.05) is 248 Å². The van der Waals surface area contributed by atoms with Gasteiger partial charge in [-0.2, -0.15) is 0 Å². The molecule has 0 aliphatic rings. The van der Waals surface area contributed by atoms with Crippen molar-refractivity contribution in [2.75, 3.05) is 13.2 Å². The van der Waals surface area contributed by atoms with E-state index in [0.29, 0.717) is 19.3 Å². The van der Waals surface area contributed by atoms with Gasteiger partial charge in [0.05, 0.1) is 0 Å². The molecule has 0 radical (unpaired) electrons. The Labute approximate surface area is 421 Å². The maximum atomic E-state index is 12.8. The zero-order valence-electron chi connectivity index (χ0n) is 44.9. The Kier molecular flexibility index (Phi) is 53.8. The molecule has 1 atom stereocenters. The summed E-state index contributed by atoms with van der Waals surface area (Å²) in [6.45, 7) is 6.49. The van der Waals surface area contributed by atoms with Crippen molar-refractivity contribution < 1.29 is 28.6 Å². The molecular weight excluding hydrogens is 841 g/mol. The number of hydrogen-bond acceptors (Lipinski definition) is 6. The molecule has 0 rings (SSSR count). The number of ether oxygens (including phenoxy) is 3. The number of carbonyl (C=O) groups is 3. The van der Waals surface area contributed by atoms with Crippen molar-refractivity contribution in [1.82, 2.24) is 0 Å². The summed E-state index contributed by atoms with van der Waals surface area (Å²) < 4.78 is 16.8. The highest BCUT2D eigenvalue weighted by molar-refractivity contribution is 5.71. The fourth-order valence-corrected chi connectivity index (χ4v) is 8.11. The second kappa shape index (κ2) is 56.4. The smallest absolute Gasteiger partial charge is 0.306 e. The van der Waals surface area contributed by atoms with Gasteiger partial charge in [0.1, 0.15) is 13.2 Å². The van der Waals surface area contributed by atoms with Gasteiger partial charge < -0.3 is 14.2 Å². The molecule has 0 bridgehead atoms. The number of hydrogen-bond donors (Lipinski definition) is 0. The van der Waals surface area contributed by atoms with Crippen LogP contribution in [0.5, 0.6) is 0 Å². The van der Waals surface area contributed by atoms with Gasteiger partial charge in [-0.3, -0.25) is 14.4 Å². The van der Waals surface area contributed by atoms with Gasteiger partial charge in [-0.25, -0.2) is 0 Å². The molecule has 0 amide bonds. The molecule has 0 aliphatic heterocycles. The number of allylic oxidation sites excluding steroid dienone is 12. The second-order valence-corrected chi connectivity index (χ2v) is 19.2. The maximum Gasteiger partial charge on any atom is 0.306 e. The Hall–Kier alpha value is -3.15. The van der Waals surface area contributed by atoms with Crippen LogP contribution in [0.3, 0.4) is 0 Å².